The summed E-state index contributed by atoms with van der Waals surface area (Å²) in [4.78, 5) is 11.0. The first-order valence-electron chi connectivity index (χ1n) is 5.02. The van der Waals surface area contributed by atoms with Crippen LogP contribution in [0.4, 0.5) is 0 Å². The van der Waals surface area contributed by atoms with Gasteiger partial charge in [0.2, 0.25) is 0 Å². The van der Waals surface area contributed by atoms with Gasteiger partial charge in [0.15, 0.2) is 0 Å². The van der Waals surface area contributed by atoms with Crippen LogP contribution in [-0.4, -0.2) is 19.0 Å². The Hall–Kier alpha value is -1.51. The van der Waals surface area contributed by atoms with Gasteiger partial charge in [-0.15, -0.1) is 0 Å². The van der Waals surface area contributed by atoms with E-state index in [1.54, 1.807) is 14.0 Å². The quantitative estimate of drug-likeness (QED) is 0.758. The van der Waals surface area contributed by atoms with E-state index in [2.05, 4.69) is 0 Å². The molecule has 2 rings (SSSR count). The fourth-order valence-electron chi connectivity index (χ4n) is 1.86. The molecule has 1 aliphatic heterocycles. The molecule has 0 radical (unpaired) electrons. The average molecular weight is 206 g/mol. The molecule has 0 aliphatic carbocycles. The van der Waals surface area contributed by atoms with Crippen LogP contribution in [0, 0.1) is 0 Å². The first-order chi connectivity index (χ1) is 7.19. The lowest BCUT2D eigenvalue weighted by Gasteiger charge is -2.07. The van der Waals surface area contributed by atoms with Crippen molar-refractivity contribution in [3.63, 3.8) is 0 Å². The van der Waals surface area contributed by atoms with Crippen molar-refractivity contribution in [1.82, 2.24) is 0 Å². The molecule has 3 heteroatoms. The molecule has 1 unspecified atom stereocenters. The van der Waals surface area contributed by atoms with Gasteiger partial charge in [0, 0.05) is 18.4 Å². The average Bonchev–Trinajstić information content (AvgIpc) is 2.57. The highest BCUT2D eigenvalue weighted by molar-refractivity contribution is 5.76. The molecule has 1 aliphatic rings. The molecule has 0 saturated heterocycles. The number of ketones is 1. The highest BCUT2D eigenvalue weighted by Crippen LogP contribution is 2.32. The second-order valence-corrected chi connectivity index (χ2v) is 3.82. The first kappa shape index (κ1) is 10.0. The van der Waals surface area contributed by atoms with E-state index in [0.717, 1.165) is 23.5 Å². The standard InChI is InChI=1S/C12H14O3/c1-8(13)5-11-7-9-6-10(14-2)3-4-12(9)15-11/h3-4,6,11H,5,7H2,1-2H3. The van der Waals surface area contributed by atoms with Crippen molar-refractivity contribution >= 4 is 5.78 Å². The van der Waals surface area contributed by atoms with Gasteiger partial charge in [-0.3, -0.25) is 4.79 Å². The van der Waals surface area contributed by atoms with E-state index in [9.17, 15) is 4.79 Å². The molecular weight excluding hydrogens is 192 g/mol. The molecule has 0 amide bonds. The van der Waals surface area contributed by atoms with E-state index in [1.165, 1.54) is 0 Å². The summed E-state index contributed by atoms with van der Waals surface area (Å²) in [6, 6.07) is 5.73. The number of rotatable bonds is 3. The Morgan fingerprint density at radius 2 is 2.40 bits per heavy atom. The second kappa shape index (κ2) is 3.93. The minimum Gasteiger partial charge on any atom is -0.497 e. The minimum atomic E-state index is 0.00426. The summed E-state index contributed by atoms with van der Waals surface area (Å²) < 4.78 is 10.8. The van der Waals surface area contributed by atoms with Gasteiger partial charge in [0.05, 0.1) is 7.11 Å². The van der Waals surface area contributed by atoms with Crippen molar-refractivity contribution in [3.8, 4) is 11.5 Å². The maximum atomic E-state index is 11.0. The van der Waals surface area contributed by atoms with Gasteiger partial charge in [-0.05, 0) is 25.1 Å². The maximum absolute atomic E-state index is 11.0. The zero-order valence-electron chi connectivity index (χ0n) is 8.95. The third-order valence-electron chi connectivity index (χ3n) is 2.52. The van der Waals surface area contributed by atoms with Crippen molar-refractivity contribution in [1.29, 1.82) is 0 Å². The molecule has 15 heavy (non-hydrogen) atoms. The fourth-order valence-corrected chi connectivity index (χ4v) is 1.86. The molecule has 1 aromatic rings. The monoisotopic (exact) mass is 206 g/mol. The zero-order chi connectivity index (χ0) is 10.8. The smallest absolute Gasteiger partial charge is 0.133 e. The number of fused-ring (bicyclic) bond motifs is 1. The Labute approximate surface area is 89.0 Å². The zero-order valence-corrected chi connectivity index (χ0v) is 8.95. The maximum Gasteiger partial charge on any atom is 0.133 e. The van der Waals surface area contributed by atoms with E-state index < -0.39 is 0 Å². The minimum absolute atomic E-state index is 0.00426. The van der Waals surface area contributed by atoms with Crippen LogP contribution in [0.15, 0.2) is 18.2 Å². The van der Waals surface area contributed by atoms with E-state index >= 15 is 0 Å². The Morgan fingerprint density at radius 3 is 3.07 bits per heavy atom. The predicted octanol–water partition coefficient (Wildman–Crippen LogP) is 1.98. The molecule has 0 fully saturated rings. The summed E-state index contributed by atoms with van der Waals surface area (Å²) >= 11 is 0. The molecule has 0 saturated carbocycles. The molecule has 0 bridgehead atoms. The molecule has 0 aromatic heterocycles. The summed E-state index contributed by atoms with van der Waals surface area (Å²) in [5.41, 5.74) is 1.13. The highest BCUT2D eigenvalue weighted by atomic mass is 16.5. The van der Waals surface area contributed by atoms with Gasteiger partial charge in [0.25, 0.3) is 0 Å². The number of hydrogen-bond donors (Lipinski definition) is 0. The molecule has 3 nitrogen and oxygen atoms in total. The number of benzene rings is 1. The normalized spacial score (nSPS) is 18.1. The van der Waals surface area contributed by atoms with Gasteiger partial charge >= 0.3 is 0 Å². The fraction of sp³-hybridized carbons (Fsp3) is 0.417. The molecule has 1 atom stereocenters. The largest absolute Gasteiger partial charge is 0.497 e. The van der Waals surface area contributed by atoms with Crippen molar-refractivity contribution in [3.05, 3.63) is 23.8 Å². The lowest BCUT2D eigenvalue weighted by atomic mass is 10.1. The third-order valence-corrected chi connectivity index (χ3v) is 2.52. The Bertz CT molecular complexity index is 384. The lowest BCUT2D eigenvalue weighted by Crippen LogP contribution is -2.16. The van der Waals surface area contributed by atoms with E-state index in [-0.39, 0.29) is 11.9 Å². The van der Waals surface area contributed by atoms with Gasteiger partial charge in [0.1, 0.15) is 23.4 Å². The first-order valence-corrected chi connectivity index (χ1v) is 5.02. The van der Waals surface area contributed by atoms with Crippen LogP contribution in [0.3, 0.4) is 0 Å². The van der Waals surface area contributed by atoms with Crippen molar-refractivity contribution in [2.45, 2.75) is 25.9 Å². The third kappa shape index (κ3) is 2.12. The summed E-state index contributed by atoms with van der Waals surface area (Å²) in [5.74, 6) is 1.88. The second-order valence-electron chi connectivity index (χ2n) is 3.82. The molecular formula is C12H14O3. The Balaban J connectivity index is 2.13. The summed E-state index contributed by atoms with van der Waals surface area (Å²) in [6.45, 7) is 1.59. The lowest BCUT2D eigenvalue weighted by molar-refractivity contribution is -0.118. The summed E-state index contributed by atoms with van der Waals surface area (Å²) in [5, 5.41) is 0. The highest BCUT2D eigenvalue weighted by Gasteiger charge is 2.24. The van der Waals surface area contributed by atoms with Gasteiger partial charge < -0.3 is 9.47 Å². The topological polar surface area (TPSA) is 35.5 Å². The van der Waals surface area contributed by atoms with Gasteiger partial charge in [-0.1, -0.05) is 0 Å². The number of methoxy groups -OCH3 is 1. The summed E-state index contributed by atoms with van der Waals surface area (Å²) in [6.07, 6.45) is 1.29. The number of ether oxygens (including phenoxy) is 2. The molecule has 1 heterocycles. The number of Topliss-reactive ketones (excluding diaryl/α,β-unsaturated/α-hetero) is 1. The van der Waals surface area contributed by atoms with Crippen LogP contribution in [0.1, 0.15) is 18.9 Å². The van der Waals surface area contributed by atoms with Gasteiger partial charge in [-0.25, -0.2) is 0 Å². The molecule has 0 spiro atoms. The molecule has 80 valence electrons. The predicted molar refractivity (Wildman–Crippen MR) is 56.4 cm³/mol. The summed E-state index contributed by atoms with van der Waals surface area (Å²) in [7, 11) is 1.64. The number of hydrogen-bond acceptors (Lipinski definition) is 3. The number of carbonyl (C=O) groups excluding carboxylic acids is 1. The van der Waals surface area contributed by atoms with E-state index in [1.807, 2.05) is 18.2 Å². The van der Waals surface area contributed by atoms with E-state index in [4.69, 9.17) is 9.47 Å². The van der Waals surface area contributed by atoms with Crippen LogP contribution in [0.5, 0.6) is 11.5 Å². The van der Waals surface area contributed by atoms with Crippen LogP contribution in [0.2, 0.25) is 0 Å². The van der Waals surface area contributed by atoms with Gasteiger partial charge in [-0.2, -0.15) is 0 Å². The SMILES string of the molecule is COc1ccc2c(c1)CC(CC(C)=O)O2. The molecule has 1 aromatic carbocycles. The molecule has 0 N–H and O–H groups in total. The van der Waals surface area contributed by atoms with Crippen molar-refractivity contribution < 1.29 is 14.3 Å². The van der Waals surface area contributed by atoms with Crippen molar-refractivity contribution in [2.75, 3.05) is 7.11 Å². The van der Waals surface area contributed by atoms with E-state index in [0.29, 0.717) is 6.42 Å². The van der Waals surface area contributed by atoms with Crippen LogP contribution in [-0.2, 0) is 11.2 Å². The number of carbonyl (C=O) groups is 1. The Morgan fingerprint density at radius 1 is 1.60 bits per heavy atom. The Kier molecular flexibility index (Phi) is 2.62. The van der Waals surface area contributed by atoms with Crippen LogP contribution < -0.4 is 9.47 Å². The van der Waals surface area contributed by atoms with Crippen LogP contribution >= 0.6 is 0 Å². The van der Waals surface area contributed by atoms with Crippen LogP contribution in [0.25, 0.3) is 0 Å². The van der Waals surface area contributed by atoms with Crippen molar-refractivity contribution in [2.24, 2.45) is 0 Å².